The number of benzene rings is 1. The average molecular weight is 262 g/mol. The third-order valence-electron chi connectivity index (χ3n) is 3.20. The van der Waals surface area contributed by atoms with Crippen LogP contribution >= 0.6 is 0 Å². The summed E-state index contributed by atoms with van der Waals surface area (Å²) in [5.74, 6) is -0.576. The normalized spacial score (nSPS) is 20.9. The van der Waals surface area contributed by atoms with Gasteiger partial charge in [-0.1, -0.05) is 30.3 Å². The summed E-state index contributed by atoms with van der Waals surface area (Å²) in [7, 11) is 0. The van der Waals surface area contributed by atoms with Crippen LogP contribution in [-0.2, 0) is 25.7 Å². The van der Waals surface area contributed by atoms with E-state index in [0.717, 1.165) is 5.56 Å². The van der Waals surface area contributed by atoms with Gasteiger partial charge in [-0.3, -0.25) is 9.59 Å². The lowest BCUT2D eigenvalue weighted by Gasteiger charge is -2.10. The third kappa shape index (κ3) is 3.56. The van der Waals surface area contributed by atoms with E-state index in [0.29, 0.717) is 6.42 Å². The molecule has 102 valence electrons. The van der Waals surface area contributed by atoms with Crippen molar-refractivity contribution in [3.63, 3.8) is 0 Å². The highest BCUT2D eigenvalue weighted by molar-refractivity contribution is 5.79. The summed E-state index contributed by atoms with van der Waals surface area (Å²) >= 11 is 0. The molecule has 0 saturated carbocycles. The van der Waals surface area contributed by atoms with Gasteiger partial charge in [0, 0.05) is 6.42 Å². The van der Waals surface area contributed by atoms with Crippen LogP contribution in [0.15, 0.2) is 30.3 Å². The molecule has 1 aromatic carbocycles. The Morgan fingerprint density at radius 1 is 1.37 bits per heavy atom. The molecule has 0 aromatic heterocycles. The standard InChI is InChI=1S/C15H18O4/c1-15(2)9-12(19-14(15)17)8-13(16)18-10-11-6-4-3-5-7-11/h3-7,12H,8-10H2,1-2H3. The lowest BCUT2D eigenvalue weighted by atomic mass is 9.89. The zero-order chi connectivity index (χ0) is 13.9. The fourth-order valence-corrected chi connectivity index (χ4v) is 2.10. The highest BCUT2D eigenvalue weighted by atomic mass is 16.6. The Kier molecular flexibility index (Phi) is 3.88. The van der Waals surface area contributed by atoms with Crippen LogP contribution in [-0.4, -0.2) is 18.0 Å². The molecule has 1 aliphatic heterocycles. The Balaban J connectivity index is 1.78. The van der Waals surface area contributed by atoms with Crippen LogP contribution in [0.5, 0.6) is 0 Å². The van der Waals surface area contributed by atoms with Gasteiger partial charge in [-0.05, 0) is 19.4 Å². The topological polar surface area (TPSA) is 52.6 Å². The van der Waals surface area contributed by atoms with Crippen LogP contribution in [0, 0.1) is 5.41 Å². The predicted octanol–water partition coefficient (Wildman–Crippen LogP) is 2.46. The predicted molar refractivity (Wildman–Crippen MR) is 69.1 cm³/mol. The van der Waals surface area contributed by atoms with Gasteiger partial charge in [-0.2, -0.15) is 0 Å². The van der Waals surface area contributed by atoms with Gasteiger partial charge in [0.05, 0.1) is 11.8 Å². The molecule has 1 atom stereocenters. The van der Waals surface area contributed by atoms with Crippen LogP contribution < -0.4 is 0 Å². The van der Waals surface area contributed by atoms with E-state index in [1.807, 2.05) is 44.2 Å². The lowest BCUT2D eigenvalue weighted by molar-refractivity contribution is -0.152. The first kappa shape index (κ1) is 13.6. The Morgan fingerprint density at radius 3 is 2.63 bits per heavy atom. The van der Waals surface area contributed by atoms with Crippen LogP contribution in [0.25, 0.3) is 0 Å². The summed E-state index contributed by atoms with van der Waals surface area (Å²) in [5.41, 5.74) is 0.448. The number of rotatable bonds is 4. The molecule has 0 aliphatic carbocycles. The molecule has 1 fully saturated rings. The quantitative estimate of drug-likeness (QED) is 0.782. The van der Waals surface area contributed by atoms with Crippen LogP contribution in [0.1, 0.15) is 32.3 Å². The van der Waals surface area contributed by atoms with Crippen molar-refractivity contribution in [2.75, 3.05) is 0 Å². The third-order valence-corrected chi connectivity index (χ3v) is 3.20. The van der Waals surface area contributed by atoms with E-state index in [9.17, 15) is 9.59 Å². The van der Waals surface area contributed by atoms with Gasteiger partial charge in [-0.25, -0.2) is 0 Å². The Hall–Kier alpha value is -1.84. The second-order valence-electron chi connectivity index (χ2n) is 5.47. The molecule has 4 heteroatoms. The first-order valence-corrected chi connectivity index (χ1v) is 6.38. The van der Waals surface area contributed by atoms with Crippen LogP contribution in [0.3, 0.4) is 0 Å². The van der Waals surface area contributed by atoms with E-state index in [1.165, 1.54) is 0 Å². The molecule has 1 unspecified atom stereocenters. The second-order valence-corrected chi connectivity index (χ2v) is 5.47. The number of ether oxygens (including phenoxy) is 2. The van der Waals surface area contributed by atoms with Crippen LogP contribution in [0.4, 0.5) is 0 Å². The van der Waals surface area contributed by atoms with E-state index in [4.69, 9.17) is 9.47 Å². The summed E-state index contributed by atoms with van der Waals surface area (Å²) in [4.78, 5) is 23.2. The van der Waals surface area contributed by atoms with Crippen molar-refractivity contribution in [1.82, 2.24) is 0 Å². The van der Waals surface area contributed by atoms with Crippen molar-refractivity contribution in [2.24, 2.45) is 5.41 Å². The SMILES string of the molecule is CC1(C)CC(CC(=O)OCc2ccccc2)OC1=O. The molecule has 1 aromatic rings. The minimum absolute atomic E-state index is 0.127. The van der Waals surface area contributed by atoms with Gasteiger partial charge in [0.25, 0.3) is 0 Å². The smallest absolute Gasteiger partial charge is 0.311 e. The number of hydrogen-bond acceptors (Lipinski definition) is 4. The summed E-state index contributed by atoms with van der Waals surface area (Å²) < 4.78 is 10.3. The molecule has 1 aliphatic rings. The van der Waals surface area contributed by atoms with Crippen molar-refractivity contribution >= 4 is 11.9 Å². The largest absolute Gasteiger partial charge is 0.461 e. The number of carbonyl (C=O) groups excluding carboxylic acids is 2. The molecule has 0 spiro atoms. The number of carbonyl (C=O) groups is 2. The first-order chi connectivity index (χ1) is 8.97. The highest BCUT2D eigenvalue weighted by Gasteiger charge is 2.42. The molecule has 0 radical (unpaired) electrons. The van der Waals surface area contributed by atoms with Crippen molar-refractivity contribution in [1.29, 1.82) is 0 Å². The van der Waals surface area contributed by atoms with E-state index in [1.54, 1.807) is 0 Å². The van der Waals surface area contributed by atoms with E-state index in [2.05, 4.69) is 0 Å². The van der Waals surface area contributed by atoms with Crippen LogP contribution in [0.2, 0.25) is 0 Å². The van der Waals surface area contributed by atoms with E-state index < -0.39 is 5.41 Å². The minimum Gasteiger partial charge on any atom is -0.461 e. The zero-order valence-electron chi connectivity index (χ0n) is 11.2. The summed E-state index contributed by atoms with van der Waals surface area (Å²) in [5, 5.41) is 0. The van der Waals surface area contributed by atoms with Crippen molar-refractivity contribution in [3.8, 4) is 0 Å². The van der Waals surface area contributed by atoms with Crippen molar-refractivity contribution in [3.05, 3.63) is 35.9 Å². The maximum Gasteiger partial charge on any atom is 0.311 e. The molecule has 1 saturated heterocycles. The molecule has 0 bridgehead atoms. The Morgan fingerprint density at radius 2 is 2.05 bits per heavy atom. The fraction of sp³-hybridized carbons (Fsp3) is 0.467. The molecule has 19 heavy (non-hydrogen) atoms. The monoisotopic (exact) mass is 262 g/mol. The van der Waals surface area contributed by atoms with Gasteiger partial charge < -0.3 is 9.47 Å². The minimum atomic E-state index is -0.496. The second kappa shape index (κ2) is 5.43. The summed E-state index contributed by atoms with van der Waals surface area (Å²) in [6, 6.07) is 9.48. The van der Waals surface area contributed by atoms with Gasteiger partial charge in [0.2, 0.25) is 0 Å². The lowest BCUT2D eigenvalue weighted by Crippen LogP contribution is -2.17. The Labute approximate surface area is 112 Å². The highest BCUT2D eigenvalue weighted by Crippen LogP contribution is 2.34. The molecular weight excluding hydrogens is 244 g/mol. The van der Waals surface area contributed by atoms with Gasteiger partial charge in [0.15, 0.2) is 0 Å². The van der Waals surface area contributed by atoms with E-state index in [-0.39, 0.29) is 31.1 Å². The number of hydrogen-bond donors (Lipinski definition) is 0. The first-order valence-electron chi connectivity index (χ1n) is 6.38. The number of esters is 2. The zero-order valence-corrected chi connectivity index (χ0v) is 11.2. The molecule has 0 N–H and O–H groups in total. The summed E-state index contributed by atoms with van der Waals surface area (Å²) in [6.07, 6.45) is 0.333. The summed E-state index contributed by atoms with van der Waals surface area (Å²) in [6.45, 7) is 3.90. The van der Waals surface area contributed by atoms with Gasteiger partial charge >= 0.3 is 11.9 Å². The van der Waals surface area contributed by atoms with Crippen molar-refractivity contribution in [2.45, 2.75) is 39.4 Å². The maximum absolute atomic E-state index is 11.7. The van der Waals surface area contributed by atoms with Crippen molar-refractivity contribution < 1.29 is 19.1 Å². The molecule has 4 nitrogen and oxygen atoms in total. The molecule has 2 rings (SSSR count). The molecular formula is C15H18O4. The Bertz CT molecular complexity index is 464. The molecule has 1 heterocycles. The van der Waals surface area contributed by atoms with Gasteiger partial charge in [0.1, 0.15) is 12.7 Å². The van der Waals surface area contributed by atoms with Gasteiger partial charge in [-0.15, -0.1) is 0 Å². The van der Waals surface area contributed by atoms with E-state index >= 15 is 0 Å². The fourth-order valence-electron chi connectivity index (χ4n) is 2.10. The average Bonchev–Trinajstić information content (AvgIpc) is 2.61. The molecule has 0 amide bonds. The maximum atomic E-state index is 11.7. The number of cyclic esters (lactones) is 1.